The van der Waals surface area contributed by atoms with E-state index in [9.17, 15) is 4.79 Å². The number of hydrogen-bond acceptors (Lipinski definition) is 5. The van der Waals surface area contributed by atoms with Crippen LogP contribution in [0, 0.1) is 5.92 Å². The summed E-state index contributed by atoms with van der Waals surface area (Å²) < 4.78 is 5.30. The molecule has 1 N–H and O–H groups in total. The van der Waals surface area contributed by atoms with Crippen LogP contribution in [-0.4, -0.2) is 41.5 Å². The molecular weight excluding hydrogens is 286 g/mol. The largest absolute Gasteiger partial charge is 0.462 e. The van der Waals surface area contributed by atoms with Gasteiger partial charge in [0, 0.05) is 18.0 Å². The number of pyridine rings is 1. The van der Waals surface area contributed by atoms with Crippen LogP contribution >= 0.6 is 12.6 Å². The molecule has 0 saturated carbocycles. The average molecular weight is 303 g/mol. The number of thiol groups is 1. The molecule has 0 radical (unpaired) electrons. The second kappa shape index (κ2) is 5.03. The van der Waals surface area contributed by atoms with Gasteiger partial charge in [-0.3, -0.25) is 4.79 Å². The fourth-order valence-corrected chi connectivity index (χ4v) is 3.64. The lowest BCUT2D eigenvalue weighted by Gasteiger charge is -2.44. The van der Waals surface area contributed by atoms with Crippen molar-refractivity contribution in [1.29, 1.82) is 0 Å². The molecule has 0 spiro atoms. The minimum absolute atomic E-state index is 0.107. The quantitative estimate of drug-likeness (QED) is 0.833. The summed E-state index contributed by atoms with van der Waals surface area (Å²) >= 11 is 4.32. The number of piperidine rings is 3. The van der Waals surface area contributed by atoms with Crippen molar-refractivity contribution in [3.63, 3.8) is 0 Å². The molecule has 2 aromatic rings. The van der Waals surface area contributed by atoms with Gasteiger partial charge in [0.2, 0.25) is 0 Å². The molecule has 1 atom stereocenters. The molecule has 1 amide bonds. The van der Waals surface area contributed by atoms with E-state index in [-0.39, 0.29) is 11.9 Å². The van der Waals surface area contributed by atoms with Crippen LogP contribution in [0.1, 0.15) is 23.3 Å². The summed E-state index contributed by atoms with van der Waals surface area (Å²) in [5, 5.41) is 3.97. The Bertz CT molecular complexity index is 691. The third-order valence-electron chi connectivity index (χ3n) is 4.65. The van der Waals surface area contributed by atoms with E-state index in [1.54, 1.807) is 18.5 Å². The summed E-state index contributed by atoms with van der Waals surface area (Å²) in [5.41, 5.74) is 1.08. The third kappa shape index (κ3) is 2.32. The fraction of sp³-hybridized carbons (Fsp3) is 0.467. The van der Waals surface area contributed by atoms with Crippen LogP contribution in [0.25, 0.3) is 11.0 Å². The maximum Gasteiger partial charge on any atom is 0.270 e. The number of nitrogens with zero attached hydrogens (tertiary/aromatic N) is 2. The molecule has 3 saturated heterocycles. The molecule has 6 heteroatoms. The van der Waals surface area contributed by atoms with E-state index in [0.717, 1.165) is 16.8 Å². The minimum atomic E-state index is -0.107. The van der Waals surface area contributed by atoms with Gasteiger partial charge < -0.3 is 14.6 Å². The lowest BCUT2D eigenvalue weighted by molar-refractivity contribution is 0.0618. The van der Waals surface area contributed by atoms with Crippen molar-refractivity contribution < 1.29 is 9.21 Å². The second-order valence-electron chi connectivity index (χ2n) is 5.90. The fourth-order valence-electron chi connectivity index (χ4n) is 3.41. The number of rotatable bonds is 2. The number of hydrogen-bond donors (Lipinski definition) is 2. The van der Waals surface area contributed by atoms with Gasteiger partial charge in [-0.05, 0) is 37.9 Å². The predicted octanol–water partition coefficient (Wildman–Crippen LogP) is 1.94. The summed E-state index contributed by atoms with van der Waals surface area (Å²) in [4.78, 5) is 19.8. The van der Waals surface area contributed by atoms with Gasteiger partial charge in [0.25, 0.3) is 5.91 Å². The van der Waals surface area contributed by atoms with Crippen LogP contribution in [0.5, 0.6) is 0 Å². The molecule has 110 valence electrons. The van der Waals surface area contributed by atoms with Crippen molar-refractivity contribution in [2.24, 2.45) is 5.92 Å². The normalized spacial score (nSPS) is 28.0. The zero-order valence-corrected chi connectivity index (χ0v) is 12.5. The topological polar surface area (TPSA) is 58.4 Å². The lowest BCUT2D eigenvalue weighted by Crippen LogP contribution is -2.57. The molecule has 0 aromatic carbocycles. The van der Waals surface area contributed by atoms with Crippen LogP contribution < -0.4 is 5.32 Å². The molecule has 3 fully saturated rings. The monoisotopic (exact) mass is 303 g/mol. The molecule has 2 bridgehead atoms. The van der Waals surface area contributed by atoms with Crippen molar-refractivity contribution in [3.8, 4) is 0 Å². The maximum atomic E-state index is 12.4. The summed E-state index contributed by atoms with van der Waals surface area (Å²) in [6.45, 7) is 3.29. The Balaban J connectivity index is 1.54. The van der Waals surface area contributed by atoms with Gasteiger partial charge in [0.1, 0.15) is 12.0 Å². The molecule has 2 aromatic heterocycles. The van der Waals surface area contributed by atoms with Gasteiger partial charge >= 0.3 is 0 Å². The average Bonchev–Trinajstić information content (AvgIpc) is 2.89. The van der Waals surface area contributed by atoms with E-state index in [4.69, 9.17) is 4.42 Å². The molecule has 3 aliphatic rings. The third-order valence-corrected chi connectivity index (χ3v) is 4.99. The number of carbonyl (C=O) groups excluding carboxylic acids is 1. The van der Waals surface area contributed by atoms with Crippen LogP contribution in [-0.2, 0) is 0 Å². The highest BCUT2D eigenvalue weighted by Crippen LogP contribution is 2.28. The smallest absolute Gasteiger partial charge is 0.270 e. The van der Waals surface area contributed by atoms with E-state index in [2.05, 4.69) is 27.8 Å². The Morgan fingerprint density at radius 1 is 1.43 bits per heavy atom. The lowest BCUT2D eigenvalue weighted by atomic mass is 9.84. The molecule has 3 aliphatic heterocycles. The maximum absolute atomic E-state index is 12.4. The minimum Gasteiger partial charge on any atom is -0.462 e. The first-order valence-corrected chi connectivity index (χ1v) is 7.75. The number of nitrogens with one attached hydrogen (secondary N) is 1. The van der Waals surface area contributed by atoms with Gasteiger partial charge in [-0.1, -0.05) is 0 Å². The Labute approximate surface area is 128 Å². The number of amides is 1. The van der Waals surface area contributed by atoms with Crippen molar-refractivity contribution in [3.05, 3.63) is 24.2 Å². The van der Waals surface area contributed by atoms with E-state index in [1.165, 1.54) is 25.9 Å². The number of fused-ring (bicyclic) bond motifs is 4. The van der Waals surface area contributed by atoms with Crippen molar-refractivity contribution in [2.45, 2.75) is 23.8 Å². The van der Waals surface area contributed by atoms with Gasteiger partial charge in [0.05, 0.1) is 11.1 Å². The van der Waals surface area contributed by atoms with E-state index < -0.39 is 0 Å². The Hall–Kier alpha value is -1.53. The summed E-state index contributed by atoms with van der Waals surface area (Å²) in [5.74, 6) is 0.502. The van der Waals surface area contributed by atoms with Crippen LogP contribution in [0.4, 0.5) is 0 Å². The van der Waals surface area contributed by atoms with Crippen LogP contribution in [0.2, 0.25) is 0 Å². The zero-order chi connectivity index (χ0) is 14.4. The van der Waals surface area contributed by atoms with Gasteiger partial charge in [-0.25, -0.2) is 4.98 Å². The Morgan fingerprint density at radius 2 is 2.24 bits per heavy atom. The first-order valence-electron chi connectivity index (χ1n) is 7.30. The molecule has 0 aliphatic carbocycles. The van der Waals surface area contributed by atoms with Crippen molar-refractivity contribution >= 4 is 29.5 Å². The highest BCUT2D eigenvalue weighted by atomic mass is 32.1. The standard InChI is InChI=1S/C15H17N3O2S/c19-15(17-12-7-18-3-1-9(12)2-4-18)11-5-10-13(6-16-11)20-8-14(10)21/h5-6,8-9,12,21H,1-4,7H2,(H,17,19). The number of carbonyl (C=O) groups is 1. The van der Waals surface area contributed by atoms with E-state index in [0.29, 0.717) is 17.2 Å². The highest BCUT2D eigenvalue weighted by molar-refractivity contribution is 7.80. The SMILES string of the molecule is O=C(NC1CN2CCC1CC2)c1cc2c(S)coc2cn1. The van der Waals surface area contributed by atoms with Crippen molar-refractivity contribution in [1.82, 2.24) is 15.2 Å². The Morgan fingerprint density at radius 3 is 2.95 bits per heavy atom. The molecular formula is C15H17N3O2S. The molecule has 5 rings (SSSR count). The highest BCUT2D eigenvalue weighted by Gasteiger charge is 2.35. The first kappa shape index (κ1) is 13.2. The molecule has 5 heterocycles. The van der Waals surface area contributed by atoms with Crippen LogP contribution in [0.15, 0.2) is 27.8 Å². The van der Waals surface area contributed by atoms with Crippen molar-refractivity contribution in [2.75, 3.05) is 19.6 Å². The zero-order valence-electron chi connectivity index (χ0n) is 11.6. The molecule has 5 nitrogen and oxygen atoms in total. The van der Waals surface area contributed by atoms with Gasteiger partial charge in [-0.2, -0.15) is 0 Å². The second-order valence-corrected chi connectivity index (χ2v) is 6.39. The molecule has 21 heavy (non-hydrogen) atoms. The molecule has 1 unspecified atom stereocenters. The van der Waals surface area contributed by atoms with Gasteiger partial charge in [-0.15, -0.1) is 12.6 Å². The summed E-state index contributed by atoms with van der Waals surface area (Å²) in [7, 11) is 0. The van der Waals surface area contributed by atoms with Crippen LogP contribution in [0.3, 0.4) is 0 Å². The summed E-state index contributed by atoms with van der Waals surface area (Å²) in [6, 6.07) is 2.00. The number of furan rings is 1. The predicted molar refractivity (Wildman–Crippen MR) is 81.7 cm³/mol. The van der Waals surface area contributed by atoms with E-state index >= 15 is 0 Å². The first-order chi connectivity index (χ1) is 10.2. The summed E-state index contributed by atoms with van der Waals surface area (Å²) in [6.07, 6.45) is 5.50. The Kier molecular flexibility index (Phi) is 3.15. The van der Waals surface area contributed by atoms with E-state index in [1.807, 2.05) is 0 Å². The van der Waals surface area contributed by atoms with Gasteiger partial charge in [0.15, 0.2) is 5.58 Å². The number of aromatic nitrogens is 1.